The lowest BCUT2D eigenvalue weighted by molar-refractivity contribution is -0.113. The van der Waals surface area contributed by atoms with E-state index in [0.29, 0.717) is 28.9 Å². The molecule has 166 valence electrons. The van der Waals surface area contributed by atoms with Gasteiger partial charge in [0.25, 0.3) is 5.56 Å². The van der Waals surface area contributed by atoms with Crippen molar-refractivity contribution >= 4 is 35.1 Å². The number of thioether (sulfide) groups is 2. The zero-order chi connectivity index (χ0) is 22.5. The number of nitrogens with zero attached hydrogens (tertiary/aromatic N) is 2. The number of carbonyl (C=O) groups is 1. The molecule has 0 spiro atoms. The molecule has 7 nitrogen and oxygen atoms in total. The molecule has 9 heteroatoms. The number of methoxy groups -OCH3 is 2. The summed E-state index contributed by atoms with van der Waals surface area (Å²) in [5.74, 6) is 1.89. The number of aryl methyl sites for hydroxylation is 1. The van der Waals surface area contributed by atoms with Gasteiger partial charge in [-0.05, 0) is 17.7 Å². The van der Waals surface area contributed by atoms with Crippen LogP contribution in [0.3, 0.4) is 0 Å². The zero-order valence-electron chi connectivity index (χ0n) is 17.8. The van der Waals surface area contributed by atoms with Gasteiger partial charge < -0.3 is 14.8 Å². The second-order valence-corrected chi connectivity index (χ2v) is 9.10. The molecule has 0 radical (unpaired) electrons. The zero-order valence-corrected chi connectivity index (χ0v) is 19.4. The first kappa shape index (κ1) is 22.3. The van der Waals surface area contributed by atoms with Crippen molar-refractivity contribution in [3.05, 3.63) is 70.1 Å². The van der Waals surface area contributed by atoms with E-state index < -0.39 is 0 Å². The fraction of sp³-hybridized carbons (Fsp3) is 0.261. The third kappa shape index (κ3) is 4.94. The summed E-state index contributed by atoms with van der Waals surface area (Å²) < 4.78 is 12.2. The van der Waals surface area contributed by atoms with Crippen LogP contribution in [0, 0.1) is 0 Å². The summed E-state index contributed by atoms with van der Waals surface area (Å²) in [5, 5.41) is 3.41. The molecule has 1 N–H and O–H groups in total. The predicted octanol–water partition coefficient (Wildman–Crippen LogP) is 3.69. The molecule has 2 aromatic carbocycles. The molecule has 2 heterocycles. The Morgan fingerprint density at radius 3 is 2.75 bits per heavy atom. The van der Waals surface area contributed by atoms with Crippen LogP contribution < -0.4 is 20.3 Å². The molecule has 1 aliphatic heterocycles. The van der Waals surface area contributed by atoms with Crippen LogP contribution in [0.4, 0.5) is 5.69 Å². The highest BCUT2D eigenvalue weighted by Crippen LogP contribution is 2.31. The maximum atomic E-state index is 13.1. The lowest BCUT2D eigenvalue weighted by atomic mass is 10.2. The number of rotatable bonds is 8. The lowest BCUT2D eigenvalue weighted by Crippen LogP contribution is -2.26. The van der Waals surface area contributed by atoms with Gasteiger partial charge in [-0.3, -0.25) is 14.2 Å². The van der Waals surface area contributed by atoms with Gasteiger partial charge in [-0.25, -0.2) is 4.98 Å². The number of hydrogen-bond acceptors (Lipinski definition) is 7. The molecule has 0 aliphatic carbocycles. The number of anilines is 1. The maximum Gasteiger partial charge on any atom is 0.268 e. The number of fused-ring (bicyclic) bond motifs is 1. The van der Waals surface area contributed by atoms with Crippen LogP contribution in [0.5, 0.6) is 11.5 Å². The van der Waals surface area contributed by atoms with E-state index >= 15 is 0 Å². The molecule has 4 rings (SSSR count). The van der Waals surface area contributed by atoms with Gasteiger partial charge in [-0.2, -0.15) is 0 Å². The van der Waals surface area contributed by atoms with Gasteiger partial charge in [-0.1, -0.05) is 42.1 Å². The minimum absolute atomic E-state index is 0.0428. The van der Waals surface area contributed by atoms with Gasteiger partial charge in [0.15, 0.2) is 5.16 Å². The van der Waals surface area contributed by atoms with Crippen molar-refractivity contribution < 1.29 is 14.3 Å². The van der Waals surface area contributed by atoms with Crippen LogP contribution in [-0.2, 0) is 17.8 Å². The Bertz CT molecular complexity index is 1180. The minimum Gasteiger partial charge on any atom is -0.497 e. The Hall–Kier alpha value is -2.91. The van der Waals surface area contributed by atoms with E-state index in [9.17, 15) is 9.59 Å². The van der Waals surface area contributed by atoms with E-state index in [4.69, 9.17) is 14.5 Å². The van der Waals surface area contributed by atoms with Crippen LogP contribution in [0.25, 0.3) is 0 Å². The van der Waals surface area contributed by atoms with Gasteiger partial charge in [0.2, 0.25) is 5.91 Å². The number of ether oxygens (including phenoxy) is 2. The summed E-state index contributed by atoms with van der Waals surface area (Å²) in [6, 6.07) is 15.0. The second-order valence-electron chi connectivity index (χ2n) is 7.05. The Kier molecular flexibility index (Phi) is 7.06. The molecule has 0 atom stereocenters. The second kappa shape index (κ2) is 10.1. The molecule has 1 aromatic heterocycles. The third-order valence-corrected chi connectivity index (χ3v) is 7.03. The molecular weight excluding hydrogens is 446 g/mol. The van der Waals surface area contributed by atoms with E-state index in [1.807, 2.05) is 30.3 Å². The highest BCUT2D eigenvalue weighted by Gasteiger charge is 2.22. The van der Waals surface area contributed by atoms with Crippen LogP contribution in [0.1, 0.15) is 11.3 Å². The van der Waals surface area contributed by atoms with Crippen LogP contribution in [0.2, 0.25) is 0 Å². The molecule has 1 aliphatic rings. The van der Waals surface area contributed by atoms with Crippen molar-refractivity contribution in [2.75, 3.05) is 31.0 Å². The molecule has 3 aromatic rings. The van der Waals surface area contributed by atoms with Gasteiger partial charge >= 0.3 is 0 Å². The number of aromatic nitrogens is 2. The Morgan fingerprint density at radius 2 is 2.00 bits per heavy atom. The van der Waals surface area contributed by atoms with Crippen LogP contribution in [-0.4, -0.2) is 41.2 Å². The first-order valence-corrected chi connectivity index (χ1v) is 12.0. The summed E-state index contributed by atoms with van der Waals surface area (Å²) in [5.41, 5.74) is 2.31. The largest absolute Gasteiger partial charge is 0.497 e. The summed E-state index contributed by atoms with van der Waals surface area (Å²) in [4.78, 5) is 31.3. The van der Waals surface area contributed by atoms with E-state index in [1.54, 1.807) is 48.7 Å². The van der Waals surface area contributed by atoms with Crippen molar-refractivity contribution in [1.29, 1.82) is 0 Å². The smallest absolute Gasteiger partial charge is 0.268 e. The third-order valence-electron chi connectivity index (χ3n) is 4.94. The average Bonchev–Trinajstić information content (AvgIpc) is 3.29. The van der Waals surface area contributed by atoms with Crippen molar-refractivity contribution in [1.82, 2.24) is 9.55 Å². The number of carbonyl (C=O) groups excluding carboxylic acids is 1. The van der Waals surface area contributed by atoms with Gasteiger partial charge in [0.1, 0.15) is 11.5 Å². The summed E-state index contributed by atoms with van der Waals surface area (Å²) >= 11 is 2.81. The fourth-order valence-corrected chi connectivity index (χ4v) is 5.23. The summed E-state index contributed by atoms with van der Waals surface area (Å²) in [6.07, 6.45) is 0.766. The van der Waals surface area contributed by atoms with E-state index in [0.717, 1.165) is 28.3 Å². The molecule has 0 unspecified atom stereocenters. The first-order valence-electron chi connectivity index (χ1n) is 10.0. The topological polar surface area (TPSA) is 82.5 Å². The molecule has 0 bridgehead atoms. The fourth-order valence-electron chi connectivity index (χ4n) is 3.37. The van der Waals surface area contributed by atoms with Crippen molar-refractivity contribution in [3.63, 3.8) is 0 Å². The number of nitrogens with one attached hydrogen (secondary N) is 1. The van der Waals surface area contributed by atoms with Crippen molar-refractivity contribution in [2.45, 2.75) is 23.0 Å². The number of amides is 1. The monoisotopic (exact) mass is 469 g/mol. The Labute approximate surface area is 194 Å². The van der Waals surface area contributed by atoms with Gasteiger partial charge in [0, 0.05) is 18.2 Å². The highest BCUT2D eigenvalue weighted by molar-refractivity contribution is 8.00. The van der Waals surface area contributed by atoms with Crippen molar-refractivity contribution in [3.8, 4) is 11.5 Å². The standard InChI is InChI=1S/C23H23N3O4S2/c1-29-16-8-9-19(30-2)18(12-16)24-20(27)14-32-23-25-17-10-11-31-21(17)22(28)26(23)13-15-6-4-3-5-7-15/h3-9,12H,10-11,13-14H2,1-2H3,(H,24,27). The first-order chi connectivity index (χ1) is 15.6. The quantitative estimate of drug-likeness (QED) is 0.398. The predicted molar refractivity (Wildman–Crippen MR) is 127 cm³/mol. The Balaban J connectivity index is 1.55. The van der Waals surface area contributed by atoms with E-state index in [2.05, 4.69) is 5.32 Å². The Morgan fingerprint density at radius 1 is 1.19 bits per heavy atom. The molecule has 32 heavy (non-hydrogen) atoms. The molecule has 1 amide bonds. The van der Waals surface area contributed by atoms with Crippen LogP contribution in [0.15, 0.2) is 63.4 Å². The molecular formula is C23H23N3O4S2. The summed E-state index contributed by atoms with van der Waals surface area (Å²) in [6.45, 7) is 0.411. The lowest BCUT2D eigenvalue weighted by Gasteiger charge is -2.14. The molecule has 0 saturated heterocycles. The average molecular weight is 470 g/mol. The van der Waals surface area contributed by atoms with Gasteiger partial charge in [0.05, 0.1) is 42.8 Å². The SMILES string of the molecule is COc1ccc(OC)c(NC(=O)CSc2nc3c(c(=O)n2Cc2ccccc2)SCC3)c1. The minimum atomic E-state index is -0.225. The van der Waals surface area contributed by atoms with Crippen LogP contribution >= 0.6 is 23.5 Å². The van der Waals surface area contributed by atoms with Gasteiger partial charge in [-0.15, -0.1) is 11.8 Å². The van der Waals surface area contributed by atoms with E-state index in [-0.39, 0.29) is 17.2 Å². The molecule has 0 saturated carbocycles. The molecule has 0 fully saturated rings. The maximum absolute atomic E-state index is 13.1. The highest BCUT2D eigenvalue weighted by atomic mass is 32.2. The normalized spacial score (nSPS) is 12.3. The summed E-state index contributed by atoms with van der Waals surface area (Å²) in [7, 11) is 3.11. The number of benzene rings is 2. The number of hydrogen-bond donors (Lipinski definition) is 1. The van der Waals surface area contributed by atoms with E-state index in [1.165, 1.54) is 11.8 Å². The van der Waals surface area contributed by atoms with Crippen molar-refractivity contribution in [2.24, 2.45) is 0 Å².